The van der Waals surface area contributed by atoms with E-state index >= 15 is 0 Å². The summed E-state index contributed by atoms with van der Waals surface area (Å²) in [5.41, 5.74) is 0.316. The van der Waals surface area contributed by atoms with E-state index in [1.165, 1.54) is 16.3 Å². The molecular weight excluding hydrogens is 286 g/mol. The van der Waals surface area contributed by atoms with Gasteiger partial charge in [-0.05, 0) is 18.4 Å². The van der Waals surface area contributed by atoms with Crippen molar-refractivity contribution in [2.45, 2.75) is 10.1 Å². The summed E-state index contributed by atoms with van der Waals surface area (Å²) < 4.78 is 1.39. The maximum Gasteiger partial charge on any atom is 0.348 e. The van der Waals surface area contributed by atoms with Gasteiger partial charge in [0.25, 0.3) is 0 Å². The highest BCUT2D eigenvalue weighted by molar-refractivity contribution is 7.99. The molecule has 0 spiro atoms. The minimum atomic E-state index is -0.954. The number of H-pyrrole nitrogens is 1. The third-order valence-electron chi connectivity index (χ3n) is 2.29. The van der Waals surface area contributed by atoms with Crippen molar-refractivity contribution in [2.24, 2.45) is 0 Å². The molecule has 0 fully saturated rings. The molecule has 6 nitrogen and oxygen atoms in total. The number of benzene rings is 1. The van der Waals surface area contributed by atoms with Gasteiger partial charge in [0.15, 0.2) is 5.16 Å². The summed E-state index contributed by atoms with van der Waals surface area (Å²) in [4.78, 5) is 23.3. The van der Waals surface area contributed by atoms with Crippen LogP contribution in [0.3, 0.4) is 0 Å². The second-order valence-corrected chi connectivity index (χ2v) is 5.29. The smallest absolute Gasteiger partial charge is 0.348 e. The standard InChI is InChI=1S/C11H11N3O3S2/c1-18-8-5-3-2-4-7(8)14-10(17)12-13-11(14)19-6-9(15)16/h2-5H,6H2,1H3,(H,12,17)(H,15,16). The SMILES string of the molecule is CSc1ccccc1-n1c(SCC(=O)O)n[nH]c1=O. The van der Waals surface area contributed by atoms with Crippen molar-refractivity contribution in [3.63, 3.8) is 0 Å². The van der Waals surface area contributed by atoms with E-state index in [0.717, 1.165) is 16.7 Å². The molecule has 2 N–H and O–H groups in total. The molecule has 0 saturated heterocycles. The quantitative estimate of drug-likeness (QED) is 0.812. The van der Waals surface area contributed by atoms with E-state index in [0.29, 0.717) is 10.8 Å². The number of thioether (sulfide) groups is 2. The van der Waals surface area contributed by atoms with Crippen molar-refractivity contribution >= 4 is 29.5 Å². The van der Waals surface area contributed by atoms with E-state index in [9.17, 15) is 9.59 Å². The van der Waals surface area contributed by atoms with Gasteiger partial charge in [0.2, 0.25) is 0 Å². The fourth-order valence-electron chi connectivity index (χ4n) is 1.53. The van der Waals surface area contributed by atoms with E-state index in [1.807, 2.05) is 24.5 Å². The van der Waals surface area contributed by atoms with Crippen LogP contribution in [-0.2, 0) is 4.79 Å². The van der Waals surface area contributed by atoms with E-state index in [4.69, 9.17) is 5.11 Å². The zero-order valence-electron chi connectivity index (χ0n) is 9.99. The van der Waals surface area contributed by atoms with Crippen LogP contribution in [0.5, 0.6) is 0 Å². The number of para-hydroxylation sites is 1. The maximum absolute atomic E-state index is 11.8. The first-order valence-corrected chi connectivity index (χ1v) is 7.50. The first-order valence-electron chi connectivity index (χ1n) is 5.29. The Hall–Kier alpha value is -1.67. The van der Waals surface area contributed by atoms with Crippen molar-refractivity contribution in [3.05, 3.63) is 34.7 Å². The number of carboxylic acid groups (broad SMARTS) is 1. The second kappa shape index (κ2) is 5.98. The Morgan fingerprint density at radius 3 is 2.89 bits per heavy atom. The third-order valence-corrected chi connectivity index (χ3v) is 4.00. The van der Waals surface area contributed by atoms with Crippen molar-refractivity contribution in [2.75, 3.05) is 12.0 Å². The lowest BCUT2D eigenvalue weighted by molar-refractivity contribution is -0.133. The molecule has 0 unspecified atom stereocenters. The van der Waals surface area contributed by atoms with Gasteiger partial charge in [-0.3, -0.25) is 4.79 Å². The normalized spacial score (nSPS) is 10.6. The van der Waals surface area contributed by atoms with Crippen LogP contribution < -0.4 is 5.69 Å². The predicted molar refractivity (Wildman–Crippen MR) is 74.3 cm³/mol. The summed E-state index contributed by atoms with van der Waals surface area (Å²) in [6.07, 6.45) is 1.91. The molecule has 1 heterocycles. The molecular formula is C11H11N3O3S2. The van der Waals surface area contributed by atoms with Crippen molar-refractivity contribution < 1.29 is 9.90 Å². The zero-order valence-corrected chi connectivity index (χ0v) is 11.6. The Morgan fingerprint density at radius 2 is 2.21 bits per heavy atom. The predicted octanol–water partition coefficient (Wildman–Crippen LogP) is 1.46. The zero-order chi connectivity index (χ0) is 13.8. The van der Waals surface area contributed by atoms with Crippen molar-refractivity contribution in [3.8, 4) is 5.69 Å². The summed E-state index contributed by atoms with van der Waals surface area (Å²) in [6.45, 7) is 0. The molecule has 0 saturated carbocycles. The van der Waals surface area contributed by atoms with Crippen LogP contribution in [0.4, 0.5) is 0 Å². The Kier molecular flexibility index (Phi) is 4.33. The Bertz CT molecular complexity index is 651. The molecule has 100 valence electrons. The summed E-state index contributed by atoms with van der Waals surface area (Å²) in [7, 11) is 0. The lowest BCUT2D eigenvalue weighted by Gasteiger charge is -2.08. The average Bonchev–Trinajstić information content (AvgIpc) is 2.77. The Morgan fingerprint density at radius 1 is 1.47 bits per heavy atom. The molecule has 8 heteroatoms. The van der Waals surface area contributed by atoms with Crippen molar-refractivity contribution in [1.29, 1.82) is 0 Å². The van der Waals surface area contributed by atoms with Crippen LogP contribution in [-0.4, -0.2) is 37.8 Å². The van der Waals surface area contributed by atoms with Crippen LogP contribution >= 0.6 is 23.5 Å². The van der Waals surface area contributed by atoms with E-state index in [1.54, 1.807) is 6.07 Å². The van der Waals surface area contributed by atoms with Gasteiger partial charge in [0.1, 0.15) is 0 Å². The van der Waals surface area contributed by atoms with E-state index in [-0.39, 0.29) is 11.4 Å². The maximum atomic E-state index is 11.8. The van der Waals surface area contributed by atoms with Gasteiger partial charge in [-0.1, -0.05) is 23.9 Å². The molecule has 0 aliphatic heterocycles. The van der Waals surface area contributed by atoms with Crippen LogP contribution in [0.15, 0.2) is 39.1 Å². The molecule has 0 aliphatic rings. The largest absolute Gasteiger partial charge is 0.481 e. The topological polar surface area (TPSA) is 88.0 Å². The molecule has 1 aromatic heterocycles. The second-order valence-electron chi connectivity index (χ2n) is 3.50. The van der Waals surface area contributed by atoms with E-state index < -0.39 is 5.97 Å². The number of hydrogen-bond donors (Lipinski definition) is 2. The molecule has 2 rings (SSSR count). The average molecular weight is 297 g/mol. The monoisotopic (exact) mass is 297 g/mol. The van der Waals surface area contributed by atoms with Gasteiger partial charge in [0.05, 0.1) is 11.4 Å². The number of carbonyl (C=O) groups is 1. The molecule has 0 bridgehead atoms. The number of nitrogens with one attached hydrogen (secondary N) is 1. The van der Waals surface area contributed by atoms with Crippen LogP contribution in [0.1, 0.15) is 0 Å². The van der Waals surface area contributed by atoms with Gasteiger partial charge < -0.3 is 5.11 Å². The molecule has 1 aromatic carbocycles. The highest BCUT2D eigenvalue weighted by atomic mass is 32.2. The molecule has 19 heavy (non-hydrogen) atoms. The first kappa shape index (κ1) is 13.8. The lowest BCUT2D eigenvalue weighted by Crippen LogP contribution is -2.16. The van der Waals surface area contributed by atoms with Gasteiger partial charge >= 0.3 is 11.7 Å². The van der Waals surface area contributed by atoms with Gasteiger partial charge in [-0.2, -0.15) is 0 Å². The number of aliphatic carboxylic acids is 1. The van der Waals surface area contributed by atoms with E-state index in [2.05, 4.69) is 10.2 Å². The first-order chi connectivity index (χ1) is 9.13. The molecule has 0 radical (unpaired) electrons. The van der Waals surface area contributed by atoms with Crippen molar-refractivity contribution in [1.82, 2.24) is 14.8 Å². The minimum absolute atomic E-state index is 0.147. The Balaban J connectivity index is 2.46. The van der Waals surface area contributed by atoms with Crippen LogP contribution in [0, 0.1) is 0 Å². The number of rotatable bonds is 5. The highest BCUT2D eigenvalue weighted by Crippen LogP contribution is 2.25. The molecule has 2 aromatic rings. The number of aromatic nitrogens is 3. The number of carboxylic acids is 1. The number of nitrogens with zero attached hydrogens (tertiary/aromatic N) is 2. The number of hydrogen-bond acceptors (Lipinski definition) is 5. The van der Waals surface area contributed by atoms with Crippen LogP contribution in [0.25, 0.3) is 5.69 Å². The fraction of sp³-hybridized carbons (Fsp3) is 0.182. The summed E-state index contributed by atoms with van der Waals surface area (Å²) in [5, 5.41) is 15.2. The summed E-state index contributed by atoms with van der Waals surface area (Å²) >= 11 is 2.51. The highest BCUT2D eigenvalue weighted by Gasteiger charge is 2.14. The van der Waals surface area contributed by atoms with Crippen LogP contribution in [0.2, 0.25) is 0 Å². The van der Waals surface area contributed by atoms with Gasteiger partial charge in [-0.15, -0.1) is 16.9 Å². The fourth-order valence-corrected chi connectivity index (χ4v) is 2.79. The van der Waals surface area contributed by atoms with Gasteiger partial charge in [-0.25, -0.2) is 14.5 Å². The Labute approximate surface area is 117 Å². The molecule has 0 atom stereocenters. The summed E-state index contributed by atoms with van der Waals surface area (Å²) in [5.74, 6) is -1.10. The minimum Gasteiger partial charge on any atom is -0.481 e. The summed E-state index contributed by atoms with van der Waals surface area (Å²) in [6, 6.07) is 7.39. The lowest BCUT2D eigenvalue weighted by atomic mass is 10.3. The molecule has 0 amide bonds. The molecule has 0 aliphatic carbocycles. The van der Waals surface area contributed by atoms with Gasteiger partial charge in [0, 0.05) is 4.90 Å². The third kappa shape index (κ3) is 3.02. The number of aromatic amines is 1.